The van der Waals surface area contributed by atoms with E-state index >= 15 is 0 Å². The maximum absolute atomic E-state index is 9.71. The third kappa shape index (κ3) is 4.18. The molecule has 0 saturated carbocycles. The maximum atomic E-state index is 9.71. The molecular formula is C13H21BrN4O. The van der Waals surface area contributed by atoms with Crippen molar-refractivity contribution in [1.82, 2.24) is 14.6 Å². The largest absolute Gasteiger partial charge is 0.389 e. The molecule has 0 spiro atoms. The number of anilines is 1. The number of halogens is 1. The molecule has 2 aromatic heterocycles. The fraction of sp³-hybridized carbons (Fsp3) is 0.538. The molecule has 0 aliphatic rings. The van der Waals surface area contributed by atoms with Crippen LogP contribution >= 0.6 is 15.9 Å². The summed E-state index contributed by atoms with van der Waals surface area (Å²) in [4.78, 5) is 4.30. The van der Waals surface area contributed by atoms with Crippen LogP contribution in [0.1, 0.15) is 33.4 Å². The zero-order valence-corrected chi connectivity index (χ0v) is 13.6. The van der Waals surface area contributed by atoms with Crippen molar-refractivity contribution >= 4 is 27.3 Å². The number of aromatic nitrogens is 3. The summed E-state index contributed by atoms with van der Waals surface area (Å²) >= 11 is 3.36. The van der Waals surface area contributed by atoms with E-state index in [1.165, 1.54) is 0 Å². The van der Waals surface area contributed by atoms with Crippen molar-refractivity contribution in [3.8, 4) is 0 Å². The molecule has 0 atom stereocenters. The fourth-order valence-electron chi connectivity index (χ4n) is 1.49. The van der Waals surface area contributed by atoms with Gasteiger partial charge in [-0.15, -0.1) is 0 Å². The summed E-state index contributed by atoms with van der Waals surface area (Å²) in [7, 11) is 0. The van der Waals surface area contributed by atoms with E-state index in [-0.39, 0.29) is 0 Å². The molecule has 0 aliphatic carbocycles. The molecule has 6 heteroatoms. The minimum Gasteiger partial charge on any atom is -0.389 e. The lowest BCUT2D eigenvalue weighted by atomic mass is 10.1. The highest BCUT2D eigenvalue weighted by Gasteiger charge is 2.14. The van der Waals surface area contributed by atoms with Gasteiger partial charge in [0.15, 0.2) is 5.65 Å². The number of nitrogens with one attached hydrogen (secondary N) is 1. The second-order valence-electron chi connectivity index (χ2n) is 4.68. The van der Waals surface area contributed by atoms with Crippen LogP contribution in [0.2, 0.25) is 0 Å². The zero-order chi connectivity index (χ0) is 14.6. The number of rotatable bonds is 3. The van der Waals surface area contributed by atoms with E-state index in [0.29, 0.717) is 6.54 Å². The Morgan fingerprint density at radius 2 is 2.05 bits per heavy atom. The Labute approximate surface area is 122 Å². The first-order valence-electron chi connectivity index (χ1n) is 6.34. The Hall–Kier alpha value is -1.14. The molecule has 2 heterocycles. The summed E-state index contributed by atoms with van der Waals surface area (Å²) in [6, 6.07) is 1.85. The lowest BCUT2D eigenvalue weighted by Crippen LogP contribution is -2.29. The van der Waals surface area contributed by atoms with Gasteiger partial charge in [0.05, 0.1) is 23.2 Å². The van der Waals surface area contributed by atoms with Gasteiger partial charge in [0.1, 0.15) is 4.60 Å². The quantitative estimate of drug-likeness (QED) is 0.909. The number of aliphatic hydroxyl groups is 1. The molecule has 0 unspecified atom stereocenters. The first kappa shape index (κ1) is 15.9. The third-order valence-corrected chi connectivity index (χ3v) is 2.71. The van der Waals surface area contributed by atoms with Crippen molar-refractivity contribution in [2.45, 2.75) is 40.2 Å². The molecule has 2 N–H and O–H groups in total. The van der Waals surface area contributed by atoms with Gasteiger partial charge in [-0.2, -0.15) is 5.10 Å². The number of aryl methyl sites for hydroxylation is 1. The lowest BCUT2D eigenvalue weighted by molar-refractivity contribution is 0.0945. The van der Waals surface area contributed by atoms with E-state index in [1.54, 1.807) is 24.6 Å². The Balaban J connectivity index is 0.000000861. The van der Waals surface area contributed by atoms with Crippen LogP contribution < -0.4 is 5.32 Å². The molecule has 2 aromatic rings. The average molecular weight is 329 g/mol. The first-order valence-corrected chi connectivity index (χ1v) is 7.13. The normalized spacial score (nSPS) is 11.1. The summed E-state index contributed by atoms with van der Waals surface area (Å²) < 4.78 is 2.49. The van der Waals surface area contributed by atoms with Crippen molar-refractivity contribution in [3.63, 3.8) is 0 Å². The van der Waals surface area contributed by atoms with E-state index in [4.69, 9.17) is 0 Å². The molecular weight excluding hydrogens is 308 g/mol. The van der Waals surface area contributed by atoms with Crippen molar-refractivity contribution in [2.75, 3.05) is 11.9 Å². The highest BCUT2D eigenvalue weighted by molar-refractivity contribution is 9.10. The molecule has 2 rings (SSSR count). The van der Waals surface area contributed by atoms with Gasteiger partial charge < -0.3 is 10.4 Å². The number of imidazole rings is 1. The summed E-state index contributed by atoms with van der Waals surface area (Å²) in [6.45, 7) is 9.90. The van der Waals surface area contributed by atoms with Gasteiger partial charge in [0.25, 0.3) is 0 Å². The Morgan fingerprint density at radius 1 is 1.42 bits per heavy atom. The van der Waals surface area contributed by atoms with E-state index < -0.39 is 5.60 Å². The molecule has 0 fully saturated rings. The van der Waals surface area contributed by atoms with Crippen molar-refractivity contribution in [3.05, 3.63) is 22.6 Å². The maximum Gasteiger partial charge on any atom is 0.177 e. The van der Waals surface area contributed by atoms with Gasteiger partial charge >= 0.3 is 0 Å². The lowest BCUT2D eigenvalue weighted by Gasteiger charge is -2.18. The summed E-state index contributed by atoms with van der Waals surface area (Å²) in [5.41, 5.74) is 1.80. The number of hydrogen-bond acceptors (Lipinski definition) is 4. The summed E-state index contributed by atoms with van der Waals surface area (Å²) in [6.07, 6.45) is 1.77. The van der Waals surface area contributed by atoms with Crippen LogP contribution in [0, 0.1) is 6.92 Å². The van der Waals surface area contributed by atoms with Crippen molar-refractivity contribution in [1.29, 1.82) is 0 Å². The minimum absolute atomic E-state index is 0.449. The molecule has 0 bridgehead atoms. The second-order valence-corrected chi connectivity index (χ2v) is 5.49. The molecule has 0 saturated heterocycles. The summed E-state index contributed by atoms with van der Waals surface area (Å²) in [5, 5.41) is 17.2. The number of hydrogen-bond donors (Lipinski definition) is 2. The molecule has 106 valence electrons. The van der Waals surface area contributed by atoms with Crippen LogP contribution in [0.3, 0.4) is 0 Å². The molecule has 0 radical (unpaired) electrons. The standard InChI is InChI=1S/C11H15BrN4O.C2H6/c1-7-5-13-10-8(14-6-11(2,3)17)4-9(12)15-16(7)10;1-2/h4-5,14,17H,6H2,1-3H3;1-2H3. The Bertz CT molecular complexity index is 545. The van der Waals surface area contributed by atoms with Crippen molar-refractivity contribution < 1.29 is 5.11 Å². The van der Waals surface area contributed by atoms with E-state index in [2.05, 4.69) is 31.3 Å². The highest BCUT2D eigenvalue weighted by Crippen LogP contribution is 2.20. The number of nitrogens with zero attached hydrogens (tertiary/aromatic N) is 3. The smallest absolute Gasteiger partial charge is 0.177 e. The van der Waals surface area contributed by atoms with Crippen LogP contribution in [-0.4, -0.2) is 31.9 Å². The highest BCUT2D eigenvalue weighted by atomic mass is 79.9. The van der Waals surface area contributed by atoms with Crippen molar-refractivity contribution in [2.24, 2.45) is 0 Å². The van der Waals surface area contributed by atoms with Gasteiger partial charge in [-0.05, 0) is 42.8 Å². The SMILES string of the molecule is CC.Cc1cnc2c(NCC(C)(C)O)cc(Br)nn12. The predicted molar refractivity (Wildman–Crippen MR) is 81.6 cm³/mol. The van der Waals surface area contributed by atoms with Gasteiger partial charge in [-0.25, -0.2) is 9.50 Å². The zero-order valence-electron chi connectivity index (χ0n) is 12.0. The third-order valence-electron chi connectivity index (χ3n) is 2.32. The van der Waals surface area contributed by atoms with Gasteiger partial charge in [0.2, 0.25) is 0 Å². The molecule has 19 heavy (non-hydrogen) atoms. The minimum atomic E-state index is -0.769. The van der Waals surface area contributed by atoms with Crippen LogP contribution in [-0.2, 0) is 0 Å². The van der Waals surface area contributed by atoms with Crippen LogP contribution in [0.5, 0.6) is 0 Å². The van der Waals surface area contributed by atoms with Crippen LogP contribution in [0.15, 0.2) is 16.9 Å². The fourth-order valence-corrected chi connectivity index (χ4v) is 1.88. The first-order chi connectivity index (χ1) is 8.87. The van der Waals surface area contributed by atoms with Gasteiger partial charge in [0, 0.05) is 6.54 Å². The average Bonchev–Trinajstić information content (AvgIpc) is 2.70. The summed E-state index contributed by atoms with van der Waals surface area (Å²) in [5.74, 6) is 0. The van der Waals surface area contributed by atoms with Crippen LogP contribution in [0.4, 0.5) is 5.69 Å². The predicted octanol–water partition coefficient (Wildman–Crippen LogP) is 3.01. The second kappa shape index (κ2) is 6.34. The molecule has 0 aromatic carbocycles. The van der Waals surface area contributed by atoms with Gasteiger partial charge in [-0.3, -0.25) is 0 Å². The molecule has 0 aliphatic heterocycles. The Morgan fingerprint density at radius 3 is 2.63 bits per heavy atom. The van der Waals surface area contributed by atoms with E-state index in [0.717, 1.165) is 21.6 Å². The monoisotopic (exact) mass is 328 g/mol. The number of fused-ring (bicyclic) bond motifs is 1. The Kier molecular flexibility index (Phi) is 5.31. The van der Waals surface area contributed by atoms with E-state index in [1.807, 2.05) is 26.8 Å². The van der Waals surface area contributed by atoms with Gasteiger partial charge in [-0.1, -0.05) is 13.8 Å². The van der Waals surface area contributed by atoms with Crippen LogP contribution in [0.25, 0.3) is 5.65 Å². The molecule has 5 nitrogen and oxygen atoms in total. The topological polar surface area (TPSA) is 62.5 Å². The molecule has 0 amide bonds. The van der Waals surface area contributed by atoms with E-state index in [9.17, 15) is 5.11 Å².